The second-order valence-corrected chi connectivity index (χ2v) is 10.7. The summed E-state index contributed by atoms with van der Waals surface area (Å²) in [7, 11) is 3.72. The van der Waals surface area contributed by atoms with E-state index in [1.54, 1.807) is 31.4 Å². The summed E-state index contributed by atoms with van der Waals surface area (Å²) in [6.07, 6.45) is -2.18. The molecule has 1 aliphatic heterocycles. The van der Waals surface area contributed by atoms with Crippen molar-refractivity contribution in [2.24, 2.45) is 5.73 Å². The lowest BCUT2D eigenvalue weighted by molar-refractivity contribution is -0.137. The van der Waals surface area contributed by atoms with E-state index in [0.29, 0.717) is 34.9 Å². The number of carbonyl (C=O) groups is 1. The van der Waals surface area contributed by atoms with Gasteiger partial charge in [0, 0.05) is 49.7 Å². The molecule has 0 bridgehead atoms. The van der Waals surface area contributed by atoms with Crippen LogP contribution in [-0.2, 0) is 11.0 Å². The van der Waals surface area contributed by atoms with E-state index < -0.39 is 23.6 Å². The number of ether oxygens (including phenoxy) is 2. The summed E-state index contributed by atoms with van der Waals surface area (Å²) in [4.78, 5) is 26.1. The van der Waals surface area contributed by atoms with Gasteiger partial charge in [-0.1, -0.05) is 42.5 Å². The van der Waals surface area contributed by atoms with Crippen molar-refractivity contribution >= 4 is 16.8 Å². The molecule has 1 saturated heterocycles. The Bertz CT molecular complexity index is 1570. The number of nitrogens with two attached hydrogens (primary N) is 1. The van der Waals surface area contributed by atoms with Gasteiger partial charge in [0.1, 0.15) is 6.33 Å². The minimum atomic E-state index is -4.54. The third kappa shape index (κ3) is 7.06. The number of nitrogens with zero attached hydrogens (tertiary/aromatic N) is 4. The summed E-state index contributed by atoms with van der Waals surface area (Å²) >= 11 is 0. The van der Waals surface area contributed by atoms with Gasteiger partial charge in [0.25, 0.3) is 0 Å². The Morgan fingerprint density at radius 1 is 0.977 bits per heavy atom. The van der Waals surface area contributed by atoms with Crippen LogP contribution in [0.3, 0.4) is 0 Å². The minimum absolute atomic E-state index is 0.170. The fourth-order valence-corrected chi connectivity index (χ4v) is 5.36. The average molecular weight is 594 g/mol. The summed E-state index contributed by atoms with van der Waals surface area (Å²) in [5.74, 6) is -0.647. The molecule has 1 unspecified atom stereocenters. The zero-order valence-corrected chi connectivity index (χ0v) is 24.1. The highest BCUT2D eigenvalue weighted by Gasteiger charge is 2.32. The third-order valence-corrected chi connectivity index (χ3v) is 7.74. The summed E-state index contributed by atoms with van der Waals surface area (Å²) in [5.41, 5.74) is 7.47. The topological polar surface area (TPSA) is 93.8 Å². The average Bonchev–Trinajstić information content (AvgIpc) is 2.99. The van der Waals surface area contributed by atoms with Crippen molar-refractivity contribution in [1.82, 2.24) is 19.8 Å². The molecule has 226 valence electrons. The molecule has 1 aliphatic rings. The Balaban J connectivity index is 1.35. The van der Waals surface area contributed by atoms with Crippen LogP contribution in [0.15, 0.2) is 67.0 Å². The molecular weight excluding hydrogens is 559 g/mol. The van der Waals surface area contributed by atoms with Gasteiger partial charge in [-0.2, -0.15) is 13.2 Å². The highest BCUT2D eigenvalue weighted by molar-refractivity contribution is 5.94. The van der Waals surface area contributed by atoms with Gasteiger partial charge in [-0.15, -0.1) is 0 Å². The number of methoxy groups -OCH3 is 1. The fraction of sp³-hybridized carbons (Fsp3) is 0.344. The number of likely N-dealkylation sites (N-methyl/N-ethyl adjacent to an activating group) is 1. The molecule has 1 atom stereocenters. The van der Waals surface area contributed by atoms with Crippen molar-refractivity contribution in [2.75, 3.05) is 53.5 Å². The second-order valence-electron chi connectivity index (χ2n) is 10.7. The molecule has 2 N–H and O–H groups in total. The Morgan fingerprint density at radius 3 is 2.40 bits per heavy atom. The quantitative estimate of drug-likeness (QED) is 0.260. The summed E-state index contributed by atoms with van der Waals surface area (Å²) in [5, 5.41) is 0.737. The largest absolute Gasteiger partial charge is 0.493 e. The number of primary amides is 1. The van der Waals surface area contributed by atoms with Crippen molar-refractivity contribution in [2.45, 2.75) is 18.5 Å². The van der Waals surface area contributed by atoms with E-state index in [-0.39, 0.29) is 5.56 Å². The standard InChI is InChI=1S/C32H34F3N5O3/c1-39-12-14-40(15-13-39)11-4-16-43-28-19-26-25(18-27(28)42-2)30(38-20-37-26)22-9-7-21(8-10-22)29(31(36)41)23-5-3-6-24(17-23)32(33,34)35/h3,5-10,17-20,29H,4,11-16H2,1-2H3,(H2,36,41). The first kappa shape index (κ1) is 30.2. The van der Waals surface area contributed by atoms with Crippen LogP contribution in [0.25, 0.3) is 22.2 Å². The van der Waals surface area contributed by atoms with Gasteiger partial charge < -0.3 is 25.0 Å². The van der Waals surface area contributed by atoms with Gasteiger partial charge in [-0.25, -0.2) is 9.97 Å². The maximum absolute atomic E-state index is 13.3. The summed E-state index contributed by atoms with van der Waals surface area (Å²) in [6, 6.07) is 15.2. The number of hydrogen-bond acceptors (Lipinski definition) is 7. The molecule has 2 heterocycles. The zero-order valence-electron chi connectivity index (χ0n) is 24.1. The number of rotatable bonds is 10. The zero-order chi connectivity index (χ0) is 30.6. The minimum Gasteiger partial charge on any atom is -0.493 e. The monoisotopic (exact) mass is 593 g/mol. The highest BCUT2D eigenvalue weighted by Crippen LogP contribution is 2.37. The van der Waals surface area contributed by atoms with Crippen molar-refractivity contribution in [3.63, 3.8) is 0 Å². The van der Waals surface area contributed by atoms with E-state index in [4.69, 9.17) is 15.2 Å². The molecule has 0 saturated carbocycles. The Hall–Kier alpha value is -4.22. The molecule has 4 aromatic rings. The number of carbonyl (C=O) groups excluding carboxylic acids is 1. The second kappa shape index (κ2) is 13.0. The molecule has 11 heteroatoms. The van der Waals surface area contributed by atoms with Crippen LogP contribution in [0.1, 0.15) is 29.0 Å². The summed E-state index contributed by atoms with van der Waals surface area (Å²) < 4.78 is 51.6. The number of amides is 1. The van der Waals surface area contributed by atoms with Gasteiger partial charge in [0.05, 0.1) is 36.4 Å². The number of alkyl halides is 3. The lowest BCUT2D eigenvalue weighted by Gasteiger charge is -2.32. The van der Waals surface area contributed by atoms with Crippen molar-refractivity contribution in [1.29, 1.82) is 0 Å². The first-order valence-corrected chi connectivity index (χ1v) is 14.1. The molecule has 1 fully saturated rings. The molecule has 1 amide bonds. The van der Waals surface area contributed by atoms with Crippen LogP contribution in [0, 0.1) is 0 Å². The van der Waals surface area contributed by atoms with Crippen LogP contribution in [0.2, 0.25) is 0 Å². The number of halogens is 3. The number of benzene rings is 3. The number of hydrogen-bond donors (Lipinski definition) is 1. The Labute approximate surface area is 248 Å². The molecule has 0 radical (unpaired) electrons. The lowest BCUT2D eigenvalue weighted by Crippen LogP contribution is -2.44. The van der Waals surface area contributed by atoms with Gasteiger partial charge in [-0.05, 0) is 36.7 Å². The van der Waals surface area contributed by atoms with E-state index in [1.165, 1.54) is 18.5 Å². The van der Waals surface area contributed by atoms with Crippen LogP contribution < -0.4 is 15.2 Å². The summed E-state index contributed by atoms with van der Waals surface area (Å²) in [6.45, 7) is 5.78. The Kier molecular flexibility index (Phi) is 9.12. The highest BCUT2D eigenvalue weighted by atomic mass is 19.4. The van der Waals surface area contributed by atoms with Crippen LogP contribution in [-0.4, -0.2) is 79.2 Å². The lowest BCUT2D eigenvalue weighted by atomic mass is 9.89. The Morgan fingerprint density at radius 2 is 1.72 bits per heavy atom. The molecule has 0 spiro atoms. The van der Waals surface area contributed by atoms with E-state index in [2.05, 4.69) is 26.8 Å². The number of piperazine rings is 1. The maximum Gasteiger partial charge on any atom is 0.416 e. The van der Waals surface area contributed by atoms with E-state index in [0.717, 1.165) is 62.2 Å². The van der Waals surface area contributed by atoms with Gasteiger partial charge in [0.2, 0.25) is 5.91 Å². The van der Waals surface area contributed by atoms with E-state index in [9.17, 15) is 18.0 Å². The first-order valence-electron chi connectivity index (χ1n) is 14.1. The first-order chi connectivity index (χ1) is 20.6. The number of aromatic nitrogens is 2. The number of fused-ring (bicyclic) bond motifs is 1. The SMILES string of the molecule is COc1cc2c(-c3ccc(C(C(N)=O)c4cccc(C(F)(F)F)c4)cc3)ncnc2cc1OCCCN1CCN(C)CC1. The van der Waals surface area contributed by atoms with Gasteiger partial charge in [0.15, 0.2) is 11.5 Å². The van der Waals surface area contributed by atoms with Crippen LogP contribution in [0.5, 0.6) is 11.5 Å². The van der Waals surface area contributed by atoms with Crippen molar-refractivity contribution in [3.05, 3.63) is 83.7 Å². The predicted octanol–water partition coefficient (Wildman–Crippen LogP) is 4.96. The van der Waals surface area contributed by atoms with Gasteiger partial charge >= 0.3 is 6.18 Å². The normalized spacial score (nSPS) is 15.4. The fourth-order valence-electron chi connectivity index (χ4n) is 5.36. The van der Waals surface area contributed by atoms with Crippen molar-refractivity contribution in [3.8, 4) is 22.8 Å². The maximum atomic E-state index is 13.3. The molecule has 0 aliphatic carbocycles. The molecule has 43 heavy (non-hydrogen) atoms. The predicted molar refractivity (Wildman–Crippen MR) is 158 cm³/mol. The molecule has 5 rings (SSSR count). The van der Waals surface area contributed by atoms with Gasteiger partial charge in [-0.3, -0.25) is 4.79 Å². The smallest absolute Gasteiger partial charge is 0.416 e. The van der Waals surface area contributed by atoms with E-state index >= 15 is 0 Å². The van der Waals surface area contributed by atoms with Crippen LogP contribution >= 0.6 is 0 Å². The molecule has 3 aromatic carbocycles. The van der Waals surface area contributed by atoms with Crippen LogP contribution in [0.4, 0.5) is 13.2 Å². The molecule has 8 nitrogen and oxygen atoms in total. The van der Waals surface area contributed by atoms with E-state index in [1.807, 2.05) is 12.1 Å². The molecule has 1 aromatic heterocycles. The molecular formula is C32H34F3N5O3. The third-order valence-electron chi connectivity index (χ3n) is 7.74. The van der Waals surface area contributed by atoms with Crippen molar-refractivity contribution < 1.29 is 27.4 Å².